The molecule has 1 N–H and O–H groups in total. The summed E-state index contributed by atoms with van der Waals surface area (Å²) in [6.07, 6.45) is 4.71. The fraction of sp³-hybridized carbons (Fsp3) is 0.571. The third kappa shape index (κ3) is 2.77. The largest absolute Gasteiger partial charge is 0.373 e. The molecule has 2 unspecified atom stereocenters. The standard InChI is InChI=1S/C14H18BrN5O/c15-10-3-4-13-17-14(18-20(13)7-10)16-6-12-8-19-5-1-2-11(19)9-21-12/h3-4,7,11-12H,1-2,5-6,8-9H2,(H,16,18). The van der Waals surface area contributed by atoms with Crippen molar-refractivity contribution in [3.05, 3.63) is 22.8 Å². The lowest BCUT2D eigenvalue weighted by Gasteiger charge is -2.35. The van der Waals surface area contributed by atoms with Crippen LogP contribution in [0, 0.1) is 0 Å². The van der Waals surface area contributed by atoms with Crippen LogP contribution >= 0.6 is 15.9 Å². The van der Waals surface area contributed by atoms with Crippen molar-refractivity contribution in [3.8, 4) is 0 Å². The van der Waals surface area contributed by atoms with Crippen molar-refractivity contribution in [3.63, 3.8) is 0 Å². The third-order valence-corrected chi connectivity index (χ3v) is 4.71. The van der Waals surface area contributed by atoms with Crippen LogP contribution in [0.25, 0.3) is 5.65 Å². The van der Waals surface area contributed by atoms with Gasteiger partial charge in [-0.1, -0.05) is 0 Å². The highest BCUT2D eigenvalue weighted by Crippen LogP contribution is 2.22. The molecule has 21 heavy (non-hydrogen) atoms. The molecule has 4 rings (SSSR count). The molecule has 2 saturated heterocycles. The van der Waals surface area contributed by atoms with Gasteiger partial charge in [-0.2, -0.15) is 4.98 Å². The maximum absolute atomic E-state index is 5.93. The molecule has 2 fully saturated rings. The lowest BCUT2D eigenvalue weighted by atomic mass is 10.2. The summed E-state index contributed by atoms with van der Waals surface area (Å²) in [6.45, 7) is 3.83. The maximum atomic E-state index is 5.93. The minimum atomic E-state index is 0.220. The smallest absolute Gasteiger partial charge is 0.243 e. The Hall–Kier alpha value is -1.18. The highest BCUT2D eigenvalue weighted by Gasteiger charge is 2.32. The molecular formula is C14H18BrN5O. The van der Waals surface area contributed by atoms with Gasteiger partial charge in [-0.25, -0.2) is 4.52 Å². The first-order chi connectivity index (χ1) is 10.3. The number of pyridine rings is 1. The van der Waals surface area contributed by atoms with Crippen molar-refractivity contribution >= 4 is 27.5 Å². The number of fused-ring (bicyclic) bond motifs is 2. The lowest BCUT2D eigenvalue weighted by molar-refractivity contribution is -0.0416. The molecule has 2 aliphatic rings. The van der Waals surface area contributed by atoms with Crippen molar-refractivity contribution in [2.75, 3.05) is 31.6 Å². The number of hydrogen-bond donors (Lipinski definition) is 1. The number of rotatable bonds is 3. The van der Waals surface area contributed by atoms with Gasteiger partial charge in [0.25, 0.3) is 0 Å². The van der Waals surface area contributed by atoms with E-state index >= 15 is 0 Å². The molecule has 2 aromatic rings. The zero-order chi connectivity index (χ0) is 14.2. The summed E-state index contributed by atoms with van der Waals surface area (Å²) in [6, 6.07) is 4.55. The molecule has 0 saturated carbocycles. The Kier molecular flexibility index (Phi) is 3.56. The fourth-order valence-corrected chi connectivity index (χ4v) is 3.47. The van der Waals surface area contributed by atoms with Crippen molar-refractivity contribution < 1.29 is 4.74 Å². The second kappa shape index (κ2) is 5.55. The monoisotopic (exact) mass is 351 g/mol. The molecule has 0 spiro atoms. The second-order valence-corrected chi connectivity index (χ2v) is 6.63. The molecule has 2 atom stereocenters. The number of nitrogens with one attached hydrogen (secondary N) is 1. The number of morpholine rings is 1. The Morgan fingerprint density at radius 2 is 2.38 bits per heavy atom. The molecule has 4 heterocycles. The average Bonchev–Trinajstić information content (AvgIpc) is 3.09. The molecule has 0 aromatic carbocycles. The summed E-state index contributed by atoms with van der Waals surface area (Å²) in [4.78, 5) is 7.00. The molecule has 2 aliphatic heterocycles. The molecule has 0 amide bonds. The first-order valence-electron chi connectivity index (χ1n) is 7.39. The van der Waals surface area contributed by atoms with Crippen LogP contribution in [0.2, 0.25) is 0 Å². The van der Waals surface area contributed by atoms with Crippen LogP contribution in [0.1, 0.15) is 12.8 Å². The normalized spacial score (nSPS) is 26.1. The predicted molar refractivity (Wildman–Crippen MR) is 83.5 cm³/mol. The van der Waals surface area contributed by atoms with Gasteiger partial charge in [-0.15, -0.1) is 5.10 Å². The van der Waals surface area contributed by atoms with E-state index in [0.717, 1.165) is 29.8 Å². The van der Waals surface area contributed by atoms with E-state index in [1.807, 2.05) is 18.3 Å². The summed E-state index contributed by atoms with van der Waals surface area (Å²) >= 11 is 3.43. The Morgan fingerprint density at radius 1 is 1.43 bits per heavy atom. The maximum Gasteiger partial charge on any atom is 0.243 e. The molecule has 0 aliphatic carbocycles. The molecule has 112 valence electrons. The van der Waals surface area contributed by atoms with Gasteiger partial charge in [0.15, 0.2) is 5.65 Å². The Labute approximate surface area is 131 Å². The van der Waals surface area contributed by atoms with Crippen molar-refractivity contribution in [2.24, 2.45) is 0 Å². The van der Waals surface area contributed by atoms with Crippen LogP contribution in [-0.4, -0.2) is 57.9 Å². The minimum Gasteiger partial charge on any atom is -0.373 e. The van der Waals surface area contributed by atoms with Crippen LogP contribution in [0.3, 0.4) is 0 Å². The van der Waals surface area contributed by atoms with Crippen LogP contribution in [0.5, 0.6) is 0 Å². The van der Waals surface area contributed by atoms with Crippen molar-refractivity contribution in [2.45, 2.75) is 25.0 Å². The molecule has 0 bridgehead atoms. The van der Waals surface area contributed by atoms with Gasteiger partial charge in [0, 0.05) is 29.8 Å². The van der Waals surface area contributed by atoms with Crippen molar-refractivity contribution in [1.82, 2.24) is 19.5 Å². The van der Waals surface area contributed by atoms with E-state index in [0.29, 0.717) is 12.0 Å². The predicted octanol–water partition coefficient (Wildman–Crippen LogP) is 1.77. The van der Waals surface area contributed by atoms with E-state index in [1.165, 1.54) is 19.4 Å². The summed E-state index contributed by atoms with van der Waals surface area (Å²) in [5.74, 6) is 0.653. The van der Waals surface area contributed by atoms with Crippen LogP contribution in [0.4, 0.5) is 5.95 Å². The van der Waals surface area contributed by atoms with Crippen LogP contribution in [0.15, 0.2) is 22.8 Å². The quantitative estimate of drug-likeness (QED) is 0.913. The van der Waals surface area contributed by atoms with E-state index in [2.05, 4.69) is 36.2 Å². The van der Waals surface area contributed by atoms with E-state index in [4.69, 9.17) is 4.74 Å². The SMILES string of the molecule is Brc1ccc2nc(NCC3CN4CCCC4CO3)nn2c1. The minimum absolute atomic E-state index is 0.220. The van der Waals surface area contributed by atoms with Gasteiger partial charge in [0.05, 0.1) is 12.7 Å². The van der Waals surface area contributed by atoms with E-state index in [-0.39, 0.29) is 6.10 Å². The molecule has 0 radical (unpaired) electrons. The lowest BCUT2D eigenvalue weighted by Crippen LogP contribution is -2.48. The van der Waals surface area contributed by atoms with Gasteiger partial charge in [0.2, 0.25) is 5.95 Å². The Morgan fingerprint density at radius 3 is 3.33 bits per heavy atom. The molecule has 6 nitrogen and oxygen atoms in total. The van der Waals surface area contributed by atoms with Gasteiger partial charge in [-0.05, 0) is 47.4 Å². The molecule has 2 aromatic heterocycles. The van der Waals surface area contributed by atoms with E-state index in [1.54, 1.807) is 4.52 Å². The zero-order valence-electron chi connectivity index (χ0n) is 11.7. The topological polar surface area (TPSA) is 54.7 Å². The molecular weight excluding hydrogens is 334 g/mol. The average molecular weight is 352 g/mol. The second-order valence-electron chi connectivity index (χ2n) is 5.71. The van der Waals surface area contributed by atoms with E-state index in [9.17, 15) is 0 Å². The number of halogens is 1. The summed E-state index contributed by atoms with van der Waals surface area (Å²) in [5.41, 5.74) is 0.838. The highest BCUT2D eigenvalue weighted by molar-refractivity contribution is 9.10. The highest BCUT2D eigenvalue weighted by atomic mass is 79.9. The summed E-state index contributed by atoms with van der Waals surface area (Å²) < 4.78 is 8.69. The van der Waals surface area contributed by atoms with Crippen LogP contribution in [-0.2, 0) is 4.74 Å². The summed E-state index contributed by atoms with van der Waals surface area (Å²) in [7, 11) is 0. The number of ether oxygens (including phenoxy) is 1. The van der Waals surface area contributed by atoms with Crippen LogP contribution < -0.4 is 5.32 Å². The van der Waals surface area contributed by atoms with Gasteiger partial charge >= 0.3 is 0 Å². The fourth-order valence-electron chi connectivity index (χ4n) is 3.15. The summed E-state index contributed by atoms with van der Waals surface area (Å²) in [5, 5.41) is 7.71. The number of hydrogen-bond acceptors (Lipinski definition) is 5. The zero-order valence-corrected chi connectivity index (χ0v) is 13.3. The third-order valence-electron chi connectivity index (χ3n) is 4.24. The first-order valence-corrected chi connectivity index (χ1v) is 8.19. The number of aromatic nitrogens is 3. The van der Waals surface area contributed by atoms with E-state index < -0.39 is 0 Å². The van der Waals surface area contributed by atoms with Gasteiger partial charge in [0.1, 0.15) is 0 Å². The first kappa shape index (κ1) is 13.5. The van der Waals surface area contributed by atoms with Crippen molar-refractivity contribution in [1.29, 1.82) is 0 Å². The van der Waals surface area contributed by atoms with Gasteiger partial charge < -0.3 is 10.1 Å². The Balaban J connectivity index is 1.39. The number of nitrogens with zero attached hydrogens (tertiary/aromatic N) is 4. The number of anilines is 1. The van der Waals surface area contributed by atoms with Gasteiger partial charge in [-0.3, -0.25) is 4.90 Å². The molecule has 7 heteroatoms. The Bertz CT molecular complexity index is 645.